The first-order chi connectivity index (χ1) is 7.34. The molecule has 2 aliphatic carbocycles. The Bertz CT molecular complexity index is 394. The van der Waals surface area contributed by atoms with Gasteiger partial charge in [-0.05, 0) is 25.7 Å². The minimum atomic E-state index is 0.184. The molecule has 2 saturated carbocycles. The zero-order valence-electron chi connectivity index (χ0n) is 9.04. The summed E-state index contributed by atoms with van der Waals surface area (Å²) in [6.45, 7) is 0. The van der Waals surface area contributed by atoms with Gasteiger partial charge in [-0.15, -0.1) is 0 Å². The van der Waals surface area contributed by atoms with E-state index in [4.69, 9.17) is 0 Å². The minimum Gasteiger partial charge on any atom is -0.299 e. The second-order valence-electron chi connectivity index (χ2n) is 4.99. The Hall–Kier alpha value is -0.990. The van der Waals surface area contributed by atoms with E-state index in [-0.39, 0.29) is 5.56 Å². The Labute approximate surface area is 89.5 Å². The maximum atomic E-state index is 11.8. The van der Waals surface area contributed by atoms with E-state index in [0.717, 1.165) is 0 Å². The predicted molar refractivity (Wildman–Crippen MR) is 59.1 cm³/mol. The molecule has 0 bridgehead atoms. The van der Waals surface area contributed by atoms with Crippen LogP contribution < -0.4 is 5.56 Å². The summed E-state index contributed by atoms with van der Waals surface area (Å²) in [4.78, 5) is 11.8. The Morgan fingerprint density at radius 2 is 1.87 bits per heavy atom. The standard InChI is InChI=1S/C12H18N2O/c15-12-8-11(9-6-7-9)13-14(12)10-4-2-1-3-5-10/h8-10,13H,1-7H2. The maximum Gasteiger partial charge on any atom is 0.266 e. The molecule has 2 fully saturated rings. The molecule has 3 rings (SSSR count). The fraction of sp³-hybridized carbons (Fsp3) is 0.750. The van der Waals surface area contributed by atoms with Gasteiger partial charge in [-0.3, -0.25) is 9.89 Å². The first kappa shape index (κ1) is 9.25. The fourth-order valence-electron chi connectivity index (χ4n) is 2.64. The first-order valence-electron chi connectivity index (χ1n) is 6.16. The van der Waals surface area contributed by atoms with E-state index >= 15 is 0 Å². The van der Waals surface area contributed by atoms with Crippen molar-refractivity contribution in [2.24, 2.45) is 0 Å². The molecule has 0 amide bonds. The van der Waals surface area contributed by atoms with Crippen LogP contribution in [-0.4, -0.2) is 9.78 Å². The highest BCUT2D eigenvalue weighted by atomic mass is 16.1. The number of aromatic amines is 1. The number of nitrogens with one attached hydrogen (secondary N) is 1. The molecule has 3 heteroatoms. The van der Waals surface area contributed by atoms with Crippen LogP contribution in [0.2, 0.25) is 0 Å². The number of aromatic nitrogens is 2. The van der Waals surface area contributed by atoms with Gasteiger partial charge in [-0.1, -0.05) is 19.3 Å². The van der Waals surface area contributed by atoms with E-state index < -0.39 is 0 Å². The Morgan fingerprint density at radius 3 is 2.53 bits per heavy atom. The number of nitrogens with zero attached hydrogens (tertiary/aromatic N) is 1. The van der Waals surface area contributed by atoms with Gasteiger partial charge in [-0.25, -0.2) is 4.68 Å². The van der Waals surface area contributed by atoms with E-state index in [1.807, 2.05) is 10.7 Å². The first-order valence-corrected chi connectivity index (χ1v) is 6.16. The van der Waals surface area contributed by atoms with Crippen molar-refractivity contribution in [1.29, 1.82) is 0 Å². The van der Waals surface area contributed by atoms with Crippen molar-refractivity contribution < 1.29 is 0 Å². The number of rotatable bonds is 2. The molecular formula is C12H18N2O. The largest absolute Gasteiger partial charge is 0.299 e. The van der Waals surface area contributed by atoms with Crippen molar-refractivity contribution >= 4 is 0 Å². The van der Waals surface area contributed by atoms with Crippen LogP contribution in [0.1, 0.15) is 62.6 Å². The lowest BCUT2D eigenvalue weighted by molar-refractivity contribution is 0.322. The molecule has 1 N–H and O–H groups in total. The number of hydrogen-bond donors (Lipinski definition) is 1. The molecule has 1 aromatic rings. The third-order valence-corrected chi connectivity index (χ3v) is 3.72. The van der Waals surface area contributed by atoms with E-state index in [0.29, 0.717) is 12.0 Å². The molecule has 0 unspecified atom stereocenters. The van der Waals surface area contributed by atoms with Gasteiger partial charge in [0.1, 0.15) is 0 Å². The molecule has 0 aliphatic heterocycles. The average molecular weight is 206 g/mol. The van der Waals surface area contributed by atoms with Crippen LogP contribution in [0, 0.1) is 0 Å². The van der Waals surface area contributed by atoms with Crippen LogP contribution in [0.3, 0.4) is 0 Å². The quantitative estimate of drug-likeness (QED) is 0.793. The van der Waals surface area contributed by atoms with E-state index in [9.17, 15) is 4.79 Å². The summed E-state index contributed by atoms with van der Waals surface area (Å²) in [6.07, 6.45) is 8.73. The molecule has 3 nitrogen and oxygen atoms in total. The van der Waals surface area contributed by atoms with Gasteiger partial charge < -0.3 is 0 Å². The summed E-state index contributed by atoms with van der Waals surface area (Å²) >= 11 is 0. The van der Waals surface area contributed by atoms with Gasteiger partial charge in [-0.2, -0.15) is 0 Å². The van der Waals surface area contributed by atoms with Gasteiger partial charge in [0.15, 0.2) is 0 Å². The highest BCUT2D eigenvalue weighted by Crippen LogP contribution is 2.38. The minimum absolute atomic E-state index is 0.184. The molecule has 0 atom stereocenters. The summed E-state index contributed by atoms with van der Waals surface area (Å²) in [5, 5.41) is 3.32. The van der Waals surface area contributed by atoms with Crippen molar-refractivity contribution in [3.05, 3.63) is 22.1 Å². The summed E-state index contributed by atoms with van der Waals surface area (Å²) in [5.74, 6) is 0.655. The summed E-state index contributed by atoms with van der Waals surface area (Å²) in [5.41, 5.74) is 1.36. The van der Waals surface area contributed by atoms with Crippen LogP contribution in [0.25, 0.3) is 0 Å². The normalized spacial score (nSPS) is 23.2. The van der Waals surface area contributed by atoms with Crippen LogP contribution in [0.4, 0.5) is 0 Å². The van der Waals surface area contributed by atoms with Gasteiger partial charge >= 0.3 is 0 Å². The second kappa shape index (κ2) is 3.54. The molecule has 1 heterocycles. The van der Waals surface area contributed by atoms with Crippen molar-refractivity contribution in [2.45, 2.75) is 56.9 Å². The zero-order chi connectivity index (χ0) is 10.3. The van der Waals surface area contributed by atoms with Crippen molar-refractivity contribution in [2.75, 3.05) is 0 Å². The smallest absolute Gasteiger partial charge is 0.266 e. The highest BCUT2D eigenvalue weighted by Gasteiger charge is 2.27. The van der Waals surface area contributed by atoms with Gasteiger partial charge in [0.05, 0.1) is 6.04 Å². The third kappa shape index (κ3) is 1.75. The van der Waals surface area contributed by atoms with Crippen molar-refractivity contribution in [3.63, 3.8) is 0 Å². The zero-order valence-corrected chi connectivity index (χ0v) is 9.04. The Kier molecular flexibility index (Phi) is 2.19. The molecule has 0 radical (unpaired) electrons. The average Bonchev–Trinajstić information content (AvgIpc) is 3.04. The van der Waals surface area contributed by atoms with Crippen LogP contribution >= 0.6 is 0 Å². The SMILES string of the molecule is O=c1cc(C2CC2)[nH]n1C1CCCCC1. The number of hydrogen-bond acceptors (Lipinski definition) is 1. The molecule has 15 heavy (non-hydrogen) atoms. The molecule has 2 aliphatic rings. The Balaban J connectivity index is 1.86. The second-order valence-corrected chi connectivity index (χ2v) is 4.99. The lowest BCUT2D eigenvalue weighted by atomic mass is 9.96. The predicted octanol–water partition coefficient (Wildman–Crippen LogP) is 2.56. The highest BCUT2D eigenvalue weighted by molar-refractivity contribution is 5.13. The van der Waals surface area contributed by atoms with Crippen molar-refractivity contribution in [3.8, 4) is 0 Å². The Morgan fingerprint density at radius 1 is 1.13 bits per heavy atom. The number of H-pyrrole nitrogens is 1. The van der Waals surface area contributed by atoms with E-state index in [1.165, 1.54) is 50.6 Å². The van der Waals surface area contributed by atoms with Crippen LogP contribution in [-0.2, 0) is 0 Å². The third-order valence-electron chi connectivity index (χ3n) is 3.72. The van der Waals surface area contributed by atoms with Gasteiger partial charge in [0.2, 0.25) is 0 Å². The van der Waals surface area contributed by atoms with Gasteiger partial charge in [0.25, 0.3) is 5.56 Å². The summed E-state index contributed by atoms with van der Waals surface area (Å²) in [7, 11) is 0. The monoisotopic (exact) mass is 206 g/mol. The fourth-order valence-corrected chi connectivity index (χ4v) is 2.64. The molecular weight excluding hydrogens is 188 g/mol. The van der Waals surface area contributed by atoms with Crippen molar-refractivity contribution in [1.82, 2.24) is 9.78 Å². The maximum absolute atomic E-state index is 11.8. The molecule has 1 aromatic heterocycles. The summed E-state index contributed by atoms with van der Waals surface area (Å²) in [6, 6.07) is 2.26. The van der Waals surface area contributed by atoms with Gasteiger partial charge in [0, 0.05) is 17.7 Å². The van der Waals surface area contributed by atoms with E-state index in [1.54, 1.807) is 0 Å². The molecule has 0 aromatic carbocycles. The molecule has 82 valence electrons. The lowest BCUT2D eigenvalue weighted by Crippen LogP contribution is -2.23. The summed E-state index contributed by atoms with van der Waals surface area (Å²) < 4.78 is 1.88. The van der Waals surface area contributed by atoms with E-state index in [2.05, 4.69) is 5.10 Å². The molecule has 0 spiro atoms. The lowest BCUT2D eigenvalue weighted by Gasteiger charge is -2.21. The van der Waals surface area contributed by atoms with Crippen LogP contribution in [0.5, 0.6) is 0 Å². The van der Waals surface area contributed by atoms with Crippen LogP contribution in [0.15, 0.2) is 10.9 Å². The molecule has 0 saturated heterocycles. The topological polar surface area (TPSA) is 37.8 Å².